The van der Waals surface area contributed by atoms with Gasteiger partial charge in [-0.15, -0.1) is 0 Å². The van der Waals surface area contributed by atoms with Gasteiger partial charge < -0.3 is 15.5 Å². The van der Waals surface area contributed by atoms with Gasteiger partial charge in [-0.3, -0.25) is 0 Å². The van der Waals surface area contributed by atoms with E-state index in [1.165, 1.54) is 0 Å². The molecule has 0 saturated heterocycles. The Balaban J connectivity index is 2.47. The largest absolute Gasteiger partial charge is 0.465 e. The van der Waals surface area contributed by atoms with Gasteiger partial charge in [0.15, 0.2) is 0 Å². The fraction of sp³-hybridized carbons (Fsp3) is 0.714. The van der Waals surface area contributed by atoms with Crippen LogP contribution in [0.1, 0.15) is 12.8 Å². The summed E-state index contributed by atoms with van der Waals surface area (Å²) >= 11 is 0. The van der Waals surface area contributed by atoms with E-state index < -0.39 is 18.2 Å². The highest BCUT2D eigenvalue weighted by atomic mass is 16.4. The first-order valence-electron chi connectivity index (χ1n) is 3.70. The predicted octanol–water partition coefficient (Wildman–Crippen LogP) is -0.0829. The molecule has 1 saturated carbocycles. The van der Waals surface area contributed by atoms with E-state index in [4.69, 9.17) is 10.4 Å². The van der Waals surface area contributed by atoms with Crippen LogP contribution in [0.15, 0.2) is 0 Å². The first kappa shape index (κ1) is 8.81. The third-order valence-corrected chi connectivity index (χ3v) is 2.02. The van der Waals surface area contributed by atoms with Gasteiger partial charge in [0.1, 0.15) is 0 Å². The van der Waals surface area contributed by atoms with Crippen LogP contribution in [0.4, 0.5) is 4.79 Å². The molecule has 5 nitrogen and oxygen atoms in total. The fourth-order valence-electron chi connectivity index (χ4n) is 1.43. The third kappa shape index (κ3) is 1.86. The number of nitriles is 1. The Labute approximate surface area is 69.6 Å². The summed E-state index contributed by atoms with van der Waals surface area (Å²) < 4.78 is 0. The second-order valence-electron chi connectivity index (χ2n) is 2.92. The zero-order valence-electron chi connectivity index (χ0n) is 6.40. The van der Waals surface area contributed by atoms with E-state index in [0.717, 1.165) is 0 Å². The van der Waals surface area contributed by atoms with Gasteiger partial charge >= 0.3 is 6.09 Å². The zero-order valence-corrected chi connectivity index (χ0v) is 6.40. The molecule has 1 unspecified atom stereocenters. The lowest BCUT2D eigenvalue weighted by Crippen LogP contribution is -2.38. The number of hydrogen-bond donors (Lipinski definition) is 3. The summed E-state index contributed by atoms with van der Waals surface area (Å²) in [4.78, 5) is 10.2. The quantitative estimate of drug-likeness (QED) is 0.513. The highest BCUT2D eigenvalue weighted by molar-refractivity contribution is 5.65. The number of nitrogens with zero attached hydrogens (tertiary/aromatic N) is 1. The molecule has 0 aliphatic heterocycles. The molecular weight excluding hydrogens is 160 g/mol. The molecule has 0 spiro atoms. The minimum atomic E-state index is -1.15. The number of nitrogens with one attached hydrogen (secondary N) is 1. The first-order chi connectivity index (χ1) is 5.63. The second-order valence-corrected chi connectivity index (χ2v) is 2.92. The minimum absolute atomic E-state index is 0.225. The Kier molecular flexibility index (Phi) is 2.51. The van der Waals surface area contributed by atoms with Crippen LogP contribution in [-0.4, -0.2) is 28.5 Å². The van der Waals surface area contributed by atoms with Crippen molar-refractivity contribution < 1.29 is 15.0 Å². The average molecular weight is 170 g/mol. The number of amides is 1. The van der Waals surface area contributed by atoms with Gasteiger partial charge in [0.05, 0.1) is 24.1 Å². The molecule has 0 aromatic rings. The smallest absolute Gasteiger partial charge is 0.404 e. The summed E-state index contributed by atoms with van der Waals surface area (Å²) in [5.74, 6) is -0.225. The van der Waals surface area contributed by atoms with Crippen LogP contribution in [-0.2, 0) is 0 Å². The van der Waals surface area contributed by atoms with Crippen molar-refractivity contribution in [1.82, 2.24) is 5.32 Å². The second kappa shape index (κ2) is 3.41. The van der Waals surface area contributed by atoms with Crippen LogP contribution in [0.2, 0.25) is 0 Å². The first-order valence-corrected chi connectivity index (χ1v) is 3.70. The van der Waals surface area contributed by atoms with Crippen LogP contribution >= 0.6 is 0 Å². The van der Waals surface area contributed by atoms with Crippen molar-refractivity contribution in [3.05, 3.63) is 0 Å². The summed E-state index contributed by atoms with van der Waals surface area (Å²) in [5.41, 5.74) is 0. The number of carboxylic acid groups (broad SMARTS) is 1. The Bertz CT molecular complexity index is 223. The molecule has 5 heteroatoms. The molecule has 1 fully saturated rings. The molecule has 3 N–H and O–H groups in total. The summed E-state index contributed by atoms with van der Waals surface area (Å²) in [6.07, 6.45) is -1.10. The van der Waals surface area contributed by atoms with E-state index in [9.17, 15) is 9.90 Å². The van der Waals surface area contributed by atoms with Crippen molar-refractivity contribution in [3.8, 4) is 6.07 Å². The van der Waals surface area contributed by atoms with Gasteiger partial charge in [-0.2, -0.15) is 5.26 Å². The van der Waals surface area contributed by atoms with Crippen molar-refractivity contribution in [2.75, 3.05) is 0 Å². The van der Waals surface area contributed by atoms with Gasteiger partial charge in [0.25, 0.3) is 0 Å². The van der Waals surface area contributed by atoms with Gasteiger partial charge in [-0.1, -0.05) is 0 Å². The molecule has 3 atom stereocenters. The third-order valence-electron chi connectivity index (χ3n) is 2.02. The van der Waals surface area contributed by atoms with Gasteiger partial charge in [0, 0.05) is 0 Å². The summed E-state index contributed by atoms with van der Waals surface area (Å²) in [6, 6.07) is 1.53. The van der Waals surface area contributed by atoms with Crippen molar-refractivity contribution in [2.24, 2.45) is 5.92 Å². The van der Waals surface area contributed by atoms with E-state index in [0.29, 0.717) is 12.8 Å². The van der Waals surface area contributed by atoms with Gasteiger partial charge in [-0.25, -0.2) is 4.79 Å². The number of aliphatic hydroxyl groups excluding tert-OH is 1. The van der Waals surface area contributed by atoms with E-state index in [-0.39, 0.29) is 5.92 Å². The molecule has 0 heterocycles. The Morgan fingerprint density at radius 3 is 2.67 bits per heavy atom. The van der Waals surface area contributed by atoms with E-state index in [2.05, 4.69) is 5.32 Å². The van der Waals surface area contributed by atoms with Crippen LogP contribution in [0.25, 0.3) is 0 Å². The van der Waals surface area contributed by atoms with Crippen LogP contribution in [0.3, 0.4) is 0 Å². The lowest BCUT2D eigenvalue weighted by Gasteiger charge is -2.12. The SMILES string of the molecule is N#C[C@@H]1CC(NC(=O)O)[C@H](O)C1. The van der Waals surface area contributed by atoms with Crippen molar-refractivity contribution in [2.45, 2.75) is 25.0 Å². The summed E-state index contributed by atoms with van der Waals surface area (Å²) in [6.45, 7) is 0. The van der Waals surface area contributed by atoms with Crippen molar-refractivity contribution >= 4 is 6.09 Å². The maximum absolute atomic E-state index is 10.2. The van der Waals surface area contributed by atoms with Crippen LogP contribution < -0.4 is 5.32 Å². The molecule has 0 aromatic heterocycles. The Morgan fingerprint density at radius 1 is 1.58 bits per heavy atom. The highest BCUT2D eigenvalue weighted by Crippen LogP contribution is 2.25. The molecule has 1 aliphatic carbocycles. The molecule has 66 valence electrons. The number of carbonyl (C=O) groups is 1. The minimum Gasteiger partial charge on any atom is -0.465 e. The van der Waals surface area contributed by atoms with Crippen LogP contribution in [0.5, 0.6) is 0 Å². The van der Waals surface area contributed by atoms with Crippen molar-refractivity contribution in [1.29, 1.82) is 5.26 Å². The lowest BCUT2D eigenvalue weighted by atomic mass is 10.1. The molecule has 1 amide bonds. The summed E-state index contributed by atoms with van der Waals surface area (Å²) in [7, 11) is 0. The Hall–Kier alpha value is -1.28. The van der Waals surface area contributed by atoms with Gasteiger partial charge in [-0.05, 0) is 12.8 Å². The zero-order chi connectivity index (χ0) is 9.14. The number of aliphatic hydroxyl groups is 1. The Morgan fingerprint density at radius 2 is 2.25 bits per heavy atom. The topological polar surface area (TPSA) is 93.4 Å². The summed E-state index contributed by atoms with van der Waals surface area (Å²) in [5, 5.41) is 28.3. The number of rotatable bonds is 1. The molecule has 0 bridgehead atoms. The molecule has 12 heavy (non-hydrogen) atoms. The van der Waals surface area contributed by atoms with Gasteiger partial charge in [0.2, 0.25) is 0 Å². The maximum atomic E-state index is 10.2. The predicted molar refractivity (Wildman–Crippen MR) is 39.3 cm³/mol. The van der Waals surface area contributed by atoms with E-state index in [1.54, 1.807) is 0 Å². The fourth-order valence-corrected chi connectivity index (χ4v) is 1.43. The molecular formula is C7H10N2O3. The number of hydrogen-bond acceptors (Lipinski definition) is 3. The molecule has 0 radical (unpaired) electrons. The monoisotopic (exact) mass is 170 g/mol. The maximum Gasteiger partial charge on any atom is 0.404 e. The van der Waals surface area contributed by atoms with Crippen molar-refractivity contribution in [3.63, 3.8) is 0 Å². The molecule has 1 rings (SSSR count). The normalized spacial score (nSPS) is 34.2. The molecule has 1 aliphatic rings. The van der Waals surface area contributed by atoms with E-state index >= 15 is 0 Å². The molecule has 0 aromatic carbocycles. The lowest BCUT2D eigenvalue weighted by molar-refractivity contribution is 0.137. The standard InChI is InChI=1S/C7H10N2O3/c8-3-4-1-5(6(10)2-4)9-7(11)12/h4-6,9-10H,1-2H2,(H,11,12)/t4-,5?,6-/m1/s1. The average Bonchev–Trinajstić information content (AvgIpc) is 2.31. The van der Waals surface area contributed by atoms with E-state index in [1.807, 2.05) is 6.07 Å². The highest BCUT2D eigenvalue weighted by Gasteiger charge is 2.33. The van der Waals surface area contributed by atoms with Crippen LogP contribution in [0, 0.1) is 17.2 Å².